The van der Waals surface area contributed by atoms with Gasteiger partial charge in [-0.15, -0.1) is 0 Å². The molecule has 1 N–H and O–H groups in total. The first-order valence-electron chi connectivity index (χ1n) is 5.15. The largest absolute Gasteiger partial charge is 0.418 e. The van der Waals surface area contributed by atoms with Crippen molar-refractivity contribution in [2.75, 3.05) is 18.9 Å². The number of carbonyl (C=O) groups is 1. The Morgan fingerprint density at radius 2 is 2.06 bits per heavy atom. The molecule has 0 aliphatic heterocycles. The van der Waals surface area contributed by atoms with Crippen molar-refractivity contribution in [1.29, 1.82) is 0 Å². The van der Waals surface area contributed by atoms with Gasteiger partial charge < -0.3 is 10.2 Å². The summed E-state index contributed by atoms with van der Waals surface area (Å²) >= 11 is 5.69. The first-order chi connectivity index (χ1) is 8.27. The van der Waals surface area contributed by atoms with E-state index in [1.54, 1.807) is 6.92 Å². The molecule has 18 heavy (non-hydrogen) atoms. The molecule has 0 radical (unpaired) electrons. The van der Waals surface area contributed by atoms with Crippen molar-refractivity contribution in [2.24, 2.45) is 0 Å². The summed E-state index contributed by atoms with van der Waals surface area (Å²) in [5.74, 6) is 0. The van der Waals surface area contributed by atoms with Gasteiger partial charge in [0.15, 0.2) is 0 Å². The zero-order chi connectivity index (χ0) is 13.9. The monoisotopic (exact) mass is 280 g/mol. The highest BCUT2D eigenvalue weighted by Gasteiger charge is 2.34. The van der Waals surface area contributed by atoms with Gasteiger partial charge in [0.2, 0.25) is 0 Å². The van der Waals surface area contributed by atoms with Crippen LogP contribution in [0, 0.1) is 0 Å². The molecule has 0 aliphatic rings. The summed E-state index contributed by atoms with van der Waals surface area (Å²) < 4.78 is 38.2. The molecule has 0 spiro atoms. The predicted octanol–water partition coefficient (Wildman–Crippen LogP) is 3.84. The number of hydrogen-bond donors (Lipinski definition) is 1. The minimum absolute atomic E-state index is 0.150. The number of rotatable bonds is 2. The van der Waals surface area contributed by atoms with Crippen LogP contribution in [0.3, 0.4) is 0 Å². The second kappa shape index (κ2) is 5.48. The molecular weight excluding hydrogens is 269 g/mol. The summed E-state index contributed by atoms with van der Waals surface area (Å²) in [7, 11) is 1.47. The standard InChI is InChI=1S/C11H12ClF3N2O/c1-3-17(2)10(18)16-9-7(11(13,14)15)5-4-6-8(9)12/h4-6H,3H2,1-2H3,(H,16,18). The van der Waals surface area contributed by atoms with Gasteiger partial charge in [-0.05, 0) is 19.1 Å². The number of anilines is 1. The highest BCUT2D eigenvalue weighted by Crippen LogP contribution is 2.38. The highest BCUT2D eigenvalue weighted by molar-refractivity contribution is 6.33. The van der Waals surface area contributed by atoms with Gasteiger partial charge in [0, 0.05) is 13.6 Å². The summed E-state index contributed by atoms with van der Waals surface area (Å²) in [6.07, 6.45) is -4.57. The maximum atomic E-state index is 12.7. The lowest BCUT2D eigenvalue weighted by atomic mass is 10.1. The summed E-state index contributed by atoms with van der Waals surface area (Å²) in [6, 6.07) is 2.70. The molecule has 0 fully saturated rings. The number of halogens is 4. The Balaban J connectivity index is 3.12. The van der Waals surface area contributed by atoms with Gasteiger partial charge in [-0.2, -0.15) is 13.2 Å². The van der Waals surface area contributed by atoms with Crippen LogP contribution in [0.5, 0.6) is 0 Å². The summed E-state index contributed by atoms with van der Waals surface area (Å²) in [6.45, 7) is 2.08. The highest BCUT2D eigenvalue weighted by atomic mass is 35.5. The lowest BCUT2D eigenvalue weighted by molar-refractivity contribution is -0.136. The van der Waals surface area contributed by atoms with Gasteiger partial charge in [0.05, 0.1) is 16.3 Å². The minimum atomic E-state index is -4.57. The van der Waals surface area contributed by atoms with Crippen LogP contribution in [-0.4, -0.2) is 24.5 Å². The summed E-state index contributed by atoms with van der Waals surface area (Å²) in [5.41, 5.74) is -1.38. The molecule has 100 valence electrons. The third kappa shape index (κ3) is 3.29. The van der Waals surface area contributed by atoms with Crippen LogP contribution in [0.4, 0.5) is 23.7 Å². The third-order valence-corrected chi connectivity index (χ3v) is 2.69. The predicted molar refractivity (Wildman–Crippen MR) is 63.8 cm³/mol. The topological polar surface area (TPSA) is 32.3 Å². The van der Waals surface area contributed by atoms with Crippen molar-refractivity contribution in [2.45, 2.75) is 13.1 Å². The van der Waals surface area contributed by atoms with Crippen molar-refractivity contribution in [3.63, 3.8) is 0 Å². The van der Waals surface area contributed by atoms with Crippen molar-refractivity contribution in [1.82, 2.24) is 4.90 Å². The van der Waals surface area contributed by atoms with Crippen LogP contribution < -0.4 is 5.32 Å². The number of hydrogen-bond acceptors (Lipinski definition) is 1. The van der Waals surface area contributed by atoms with E-state index in [0.29, 0.717) is 6.54 Å². The van der Waals surface area contributed by atoms with Crippen molar-refractivity contribution >= 4 is 23.3 Å². The number of alkyl halides is 3. The molecule has 1 rings (SSSR count). The number of urea groups is 1. The number of amides is 2. The smallest absolute Gasteiger partial charge is 0.328 e. The summed E-state index contributed by atoms with van der Waals surface area (Å²) in [5, 5.41) is 2.02. The van der Waals surface area contributed by atoms with E-state index < -0.39 is 23.5 Å². The third-order valence-electron chi connectivity index (χ3n) is 2.37. The number of benzene rings is 1. The molecule has 3 nitrogen and oxygen atoms in total. The van der Waals surface area contributed by atoms with Gasteiger partial charge in [0.1, 0.15) is 0 Å². The minimum Gasteiger partial charge on any atom is -0.328 e. The molecule has 0 heterocycles. The average Bonchev–Trinajstić information content (AvgIpc) is 2.29. The fraction of sp³-hybridized carbons (Fsp3) is 0.364. The van der Waals surface area contributed by atoms with E-state index in [2.05, 4.69) is 5.32 Å². The molecule has 1 aromatic rings. The Morgan fingerprint density at radius 3 is 2.56 bits per heavy atom. The number of carbonyl (C=O) groups excluding carboxylic acids is 1. The Kier molecular flexibility index (Phi) is 4.45. The van der Waals surface area contributed by atoms with Crippen molar-refractivity contribution in [3.8, 4) is 0 Å². The first-order valence-corrected chi connectivity index (χ1v) is 5.53. The van der Waals surface area contributed by atoms with Gasteiger partial charge in [-0.25, -0.2) is 4.79 Å². The van der Waals surface area contributed by atoms with E-state index in [4.69, 9.17) is 11.6 Å². The van der Waals surface area contributed by atoms with Gasteiger partial charge in [-0.3, -0.25) is 0 Å². The van der Waals surface area contributed by atoms with Crippen LogP contribution in [0.2, 0.25) is 5.02 Å². The Morgan fingerprint density at radius 1 is 1.44 bits per heavy atom. The first kappa shape index (κ1) is 14.6. The molecular formula is C11H12ClF3N2O. The average molecular weight is 281 g/mol. The Bertz CT molecular complexity index is 448. The molecule has 1 aromatic carbocycles. The van der Waals surface area contributed by atoms with Crippen LogP contribution >= 0.6 is 11.6 Å². The van der Waals surface area contributed by atoms with Crippen molar-refractivity contribution < 1.29 is 18.0 Å². The normalized spacial score (nSPS) is 11.2. The van der Waals surface area contributed by atoms with Gasteiger partial charge in [0.25, 0.3) is 0 Å². The molecule has 0 aromatic heterocycles. The second-order valence-electron chi connectivity index (χ2n) is 3.60. The molecule has 7 heteroatoms. The molecule has 2 amide bonds. The summed E-state index contributed by atoms with van der Waals surface area (Å²) in [4.78, 5) is 12.8. The van der Waals surface area contributed by atoms with E-state index in [-0.39, 0.29) is 5.02 Å². The Hall–Kier alpha value is -1.43. The fourth-order valence-electron chi connectivity index (χ4n) is 1.23. The van der Waals surface area contributed by atoms with Gasteiger partial charge >= 0.3 is 12.2 Å². The maximum absolute atomic E-state index is 12.7. The number of nitrogens with zero attached hydrogens (tertiary/aromatic N) is 1. The zero-order valence-corrected chi connectivity index (χ0v) is 10.6. The molecule has 0 aliphatic carbocycles. The van der Waals surface area contributed by atoms with Crippen LogP contribution in [-0.2, 0) is 6.18 Å². The quantitative estimate of drug-likeness (QED) is 0.877. The van der Waals surface area contributed by atoms with E-state index in [0.717, 1.165) is 6.07 Å². The number of nitrogens with one attached hydrogen (secondary N) is 1. The van der Waals surface area contributed by atoms with E-state index in [1.807, 2.05) is 0 Å². The van der Waals surface area contributed by atoms with Crippen molar-refractivity contribution in [3.05, 3.63) is 28.8 Å². The molecule has 0 saturated heterocycles. The maximum Gasteiger partial charge on any atom is 0.418 e. The molecule has 0 atom stereocenters. The van der Waals surface area contributed by atoms with E-state index >= 15 is 0 Å². The molecule has 0 saturated carbocycles. The Labute approximate surface area is 108 Å². The van der Waals surface area contributed by atoms with Crippen LogP contribution in [0.25, 0.3) is 0 Å². The van der Waals surface area contributed by atoms with Gasteiger partial charge in [-0.1, -0.05) is 17.7 Å². The molecule has 0 unspecified atom stereocenters. The fourth-order valence-corrected chi connectivity index (χ4v) is 1.46. The lowest BCUT2D eigenvalue weighted by Crippen LogP contribution is -2.31. The lowest BCUT2D eigenvalue weighted by Gasteiger charge is -2.19. The van der Waals surface area contributed by atoms with Crippen LogP contribution in [0.1, 0.15) is 12.5 Å². The second-order valence-corrected chi connectivity index (χ2v) is 4.01. The van der Waals surface area contributed by atoms with E-state index in [1.165, 1.54) is 24.1 Å². The zero-order valence-electron chi connectivity index (χ0n) is 9.81. The SMILES string of the molecule is CCN(C)C(=O)Nc1c(Cl)cccc1C(F)(F)F. The van der Waals surface area contributed by atoms with Crippen LogP contribution in [0.15, 0.2) is 18.2 Å². The number of para-hydroxylation sites is 1. The molecule has 0 bridgehead atoms. The van der Waals surface area contributed by atoms with E-state index in [9.17, 15) is 18.0 Å².